The first-order valence-electron chi connectivity index (χ1n) is 14.3. The van der Waals surface area contributed by atoms with Crippen molar-refractivity contribution in [2.24, 2.45) is 7.05 Å². The van der Waals surface area contributed by atoms with E-state index in [-0.39, 0.29) is 58.5 Å². The van der Waals surface area contributed by atoms with Crippen molar-refractivity contribution in [3.05, 3.63) is 82.0 Å². The molecule has 1 atom stereocenters. The van der Waals surface area contributed by atoms with E-state index in [1.54, 1.807) is 0 Å². The molecule has 44 heavy (non-hydrogen) atoms. The van der Waals surface area contributed by atoms with E-state index in [2.05, 4.69) is 0 Å². The molecule has 0 radical (unpaired) electrons. The van der Waals surface area contributed by atoms with Crippen LogP contribution in [0.2, 0.25) is 5.02 Å². The van der Waals surface area contributed by atoms with Crippen molar-refractivity contribution in [1.29, 1.82) is 0 Å². The third kappa shape index (κ3) is 7.30. The maximum atomic E-state index is 13.9. The van der Waals surface area contributed by atoms with Crippen LogP contribution in [0.5, 0.6) is 11.5 Å². The summed E-state index contributed by atoms with van der Waals surface area (Å²) in [6.45, 7) is 0.784. The third-order valence-corrected chi connectivity index (χ3v) is 8.30. The van der Waals surface area contributed by atoms with Gasteiger partial charge in [0.25, 0.3) is 5.56 Å². The SMILES string of the molecule is COc1cn(C(CCOC2(C)CCC2)C(=O)Cc2ccc3cn(C)cc3c2)c(=O)cc1-c1cc(Cl)ccc1OCC(F)(F)F. The van der Waals surface area contributed by atoms with Gasteiger partial charge in [0.05, 0.1) is 24.9 Å². The second kappa shape index (κ2) is 12.7. The highest BCUT2D eigenvalue weighted by Gasteiger charge is 2.34. The Morgan fingerprint density at radius 3 is 2.43 bits per heavy atom. The van der Waals surface area contributed by atoms with Crippen LogP contribution in [0.4, 0.5) is 13.2 Å². The van der Waals surface area contributed by atoms with Gasteiger partial charge in [-0.25, -0.2) is 0 Å². The number of hydrogen-bond donors (Lipinski definition) is 0. The molecule has 0 bridgehead atoms. The van der Waals surface area contributed by atoms with E-state index in [4.69, 9.17) is 25.8 Å². The molecule has 1 aliphatic carbocycles. The van der Waals surface area contributed by atoms with E-state index >= 15 is 0 Å². The molecular formula is C33H34ClF3N2O5. The minimum absolute atomic E-state index is 0.0903. The Balaban J connectivity index is 1.49. The highest BCUT2D eigenvalue weighted by atomic mass is 35.5. The molecule has 1 fully saturated rings. The van der Waals surface area contributed by atoms with Crippen molar-refractivity contribution in [3.63, 3.8) is 0 Å². The van der Waals surface area contributed by atoms with E-state index < -0.39 is 24.4 Å². The van der Waals surface area contributed by atoms with Gasteiger partial charge in [0.2, 0.25) is 0 Å². The molecule has 2 aromatic heterocycles. The number of aryl methyl sites for hydroxylation is 1. The average molecular weight is 631 g/mol. The van der Waals surface area contributed by atoms with E-state index in [1.165, 1.54) is 42.1 Å². The molecule has 2 aromatic carbocycles. The molecule has 0 amide bonds. The zero-order chi connectivity index (χ0) is 31.6. The molecule has 1 saturated carbocycles. The number of hydrogen-bond acceptors (Lipinski definition) is 5. The van der Waals surface area contributed by atoms with Gasteiger partial charge in [-0.2, -0.15) is 13.2 Å². The molecule has 11 heteroatoms. The second-order valence-corrected chi connectivity index (χ2v) is 12.0. The number of halogens is 4. The zero-order valence-electron chi connectivity index (χ0n) is 24.7. The molecule has 0 saturated heterocycles. The monoisotopic (exact) mass is 630 g/mol. The van der Waals surface area contributed by atoms with Gasteiger partial charge in [-0.15, -0.1) is 0 Å². The number of rotatable bonds is 12. The summed E-state index contributed by atoms with van der Waals surface area (Å²) in [5.41, 5.74) is 0.384. The van der Waals surface area contributed by atoms with Gasteiger partial charge in [-0.3, -0.25) is 9.59 Å². The van der Waals surface area contributed by atoms with Crippen LogP contribution in [0.25, 0.3) is 21.9 Å². The Bertz CT molecular complexity index is 1720. The van der Waals surface area contributed by atoms with E-state index in [0.29, 0.717) is 0 Å². The summed E-state index contributed by atoms with van der Waals surface area (Å²) in [6, 6.07) is 10.3. The molecule has 0 aliphatic heterocycles. The standard InChI is InChI=1S/C33H34ClF3N2O5/c1-32(10-4-11-32)44-12-9-27(28(40)14-21-5-6-22-17-38(2)18-23(22)13-21)39-19-30(42-3)26(16-31(39)41)25-15-24(34)7-8-29(25)43-20-33(35,36)37/h5-8,13,15-19,27H,4,9-12,14,20H2,1-3H3. The van der Waals surface area contributed by atoms with Gasteiger partial charge in [0.1, 0.15) is 11.5 Å². The maximum Gasteiger partial charge on any atom is 0.422 e. The number of ketones is 1. The van der Waals surface area contributed by atoms with E-state index in [9.17, 15) is 22.8 Å². The first-order chi connectivity index (χ1) is 20.8. The Hall–Kier alpha value is -3.76. The average Bonchev–Trinajstić information content (AvgIpc) is 3.32. The summed E-state index contributed by atoms with van der Waals surface area (Å²) >= 11 is 6.18. The Morgan fingerprint density at radius 2 is 1.75 bits per heavy atom. The number of ether oxygens (including phenoxy) is 3. The normalized spacial score (nSPS) is 15.2. The molecule has 0 spiro atoms. The van der Waals surface area contributed by atoms with Gasteiger partial charge in [-0.1, -0.05) is 23.7 Å². The van der Waals surface area contributed by atoms with Crippen LogP contribution in [-0.4, -0.2) is 47.0 Å². The number of fused-ring (bicyclic) bond motifs is 1. The van der Waals surface area contributed by atoms with Crippen LogP contribution in [0.1, 0.15) is 44.2 Å². The molecule has 1 aliphatic rings. The number of Topliss-reactive ketones (excluding diaryl/α,β-unsaturated/α-hetero) is 1. The lowest BCUT2D eigenvalue weighted by Gasteiger charge is -2.38. The molecule has 234 valence electrons. The van der Waals surface area contributed by atoms with Crippen molar-refractivity contribution in [2.45, 2.75) is 56.8 Å². The number of pyridine rings is 1. The number of aromatic nitrogens is 2. The fourth-order valence-corrected chi connectivity index (χ4v) is 5.77. The molecule has 1 unspecified atom stereocenters. The van der Waals surface area contributed by atoms with Crippen molar-refractivity contribution < 1.29 is 32.2 Å². The lowest BCUT2D eigenvalue weighted by molar-refractivity contribution is -0.153. The number of nitrogens with zero attached hydrogens (tertiary/aromatic N) is 2. The second-order valence-electron chi connectivity index (χ2n) is 11.5. The van der Waals surface area contributed by atoms with Gasteiger partial charge in [-0.05, 0) is 73.2 Å². The summed E-state index contributed by atoms with van der Waals surface area (Å²) in [4.78, 5) is 27.5. The molecule has 7 nitrogen and oxygen atoms in total. The highest BCUT2D eigenvalue weighted by molar-refractivity contribution is 6.31. The molecule has 0 N–H and O–H groups in total. The maximum absolute atomic E-state index is 13.9. The molecular weight excluding hydrogens is 597 g/mol. The molecule has 5 rings (SSSR count). The Kier molecular flexibility index (Phi) is 9.13. The van der Waals surface area contributed by atoms with Crippen molar-refractivity contribution in [2.75, 3.05) is 20.3 Å². The highest BCUT2D eigenvalue weighted by Crippen LogP contribution is 2.39. The minimum atomic E-state index is -4.57. The quantitative estimate of drug-likeness (QED) is 0.164. The number of carbonyl (C=O) groups excluding carboxylic acids is 1. The summed E-state index contributed by atoms with van der Waals surface area (Å²) in [7, 11) is 3.31. The molecule has 2 heterocycles. The number of benzene rings is 2. The van der Waals surface area contributed by atoms with E-state index in [0.717, 1.165) is 35.6 Å². The van der Waals surface area contributed by atoms with Crippen molar-refractivity contribution >= 4 is 28.2 Å². The minimum Gasteiger partial charge on any atom is -0.495 e. The first-order valence-corrected chi connectivity index (χ1v) is 14.7. The zero-order valence-corrected chi connectivity index (χ0v) is 25.5. The summed E-state index contributed by atoms with van der Waals surface area (Å²) in [5.74, 6) is -0.135. The van der Waals surface area contributed by atoms with Crippen LogP contribution >= 0.6 is 11.6 Å². The lowest BCUT2D eigenvalue weighted by Crippen LogP contribution is -2.38. The van der Waals surface area contributed by atoms with E-state index in [1.807, 2.05) is 49.1 Å². The lowest BCUT2D eigenvalue weighted by atomic mass is 9.82. The van der Waals surface area contributed by atoms with Gasteiger partial charge >= 0.3 is 6.18 Å². The number of carbonyl (C=O) groups is 1. The van der Waals surface area contributed by atoms with Crippen LogP contribution in [0.15, 0.2) is 65.8 Å². The third-order valence-electron chi connectivity index (χ3n) is 8.06. The van der Waals surface area contributed by atoms with Gasteiger partial charge in [0, 0.05) is 54.7 Å². The van der Waals surface area contributed by atoms with Crippen LogP contribution in [0, 0.1) is 0 Å². The Labute approximate surface area is 258 Å². The fraction of sp³-hybridized carbons (Fsp3) is 0.394. The van der Waals surface area contributed by atoms with Gasteiger partial charge in [0.15, 0.2) is 12.4 Å². The predicted octanol–water partition coefficient (Wildman–Crippen LogP) is 7.31. The van der Waals surface area contributed by atoms with Crippen LogP contribution < -0.4 is 15.0 Å². The Morgan fingerprint density at radius 1 is 1.02 bits per heavy atom. The summed E-state index contributed by atoms with van der Waals surface area (Å²) in [5, 5.41) is 2.29. The summed E-state index contributed by atoms with van der Waals surface area (Å²) < 4.78 is 58.9. The fourth-order valence-electron chi connectivity index (χ4n) is 5.59. The summed E-state index contributed by atoms with van der Waals surface area (Å²) in [6.07, 6.45) is 4.11. The number of alkyl halides is 3. The van der Waals surface area contributed by atoms with Crippen LogP contribution in [-0.2, 0) is 23.0 Å². The first kappa shape index (κ1) is 31.7. The smallest absolute Gasteiger partial charge is 0.422 e. The largest absolute Gasteiger partial charge is 0.495 e. The topological polar surface area (TPSA) is 71.7 Å². The van der Waals surface area contributed by atoms with Gasteiger partial charge < -0.3 is 23.3 Å². The molecule has 4 aromatic rings. The van der Waals surface area contributed by atoms with Crippen molar-refractivity contribution in [3.8, 4) is 22.6 Å². The van der Waals surface area contributed by atoms with Crippen molar-refractivity contribution in [1.82, 2.24) is 9.13 Å². The van der Waals surface area contributed by atoms with Crippen LogP contribution in [0.3, 0.4) is 0 Å². The number of methoxy groups -OCH3 is 1. The predicted molar refractivity (Wildman–Crippen MR) is 163 cm³/mol.